The van der Waals surface area contributed by atoms with Crippen LogP contribution in [0.3, 0.4) is 0 Å². The lowest BCUT2D eigenvalue weighted by molar-refractivity contribution is 0.343. The molecule has 0 saturated carbocycles. The summed E-state index contributed by atoms with van der Waals surface area (Å²) in [5, 5.41) is 8.71. The van der Waals surface area contributed by atoms with Gasteiger partial charge in [-0.25, -0.2) is 0 Å². The largest absolute Gasteiger partial charge is 0.392 e. The lowest BCUT2D eigenvalue weighted by atomic mass is 10.5. The number of hydrogen-bond acceptors (Lipinski definition) is 1. The van der Waals surface area contributed by atoms with Crippen LogP contribution in [0.5, 0.6) is 0 Å². The van der Waals surface area contributed by atoms with Crippen LogP contribution in [-0.2, 0) is 0 Å². The second-order valence-corrected chi connectivity index (χ2v) is 11.2. The van der Waals surface area contributed by atoms with E-state index in [0.29, 0.717) is 0 Å². The zero-order valence-electron chi connectivity index (χ0n) is 11.7. The number of rotatable bonds is 6. The van der Waals surface area contributed by atoms with Crippen LogP contribution in [0.1, 0.15) is 41.5 Å². The molecule has 0 bridgehead atoms. The summed E-state index contributed by atoms with van der Waals surface area (Å²) in [4.78, 5) is 0. The van der Waals surface area contributed by atoms with E-state index in [1.807, 2.05) is 6.08 Å². The Bertz CT molecular complexity index is 217. The van der Waals surface area contributed by atoms with Crippen molar-refractivity contribution < 1.29 is 5.11 Å². The van der Waals surface area contributed by atoms with Crippen molar-refractivity contribution in [3.63, 3.8) is 0 Å². The van der Waals surface area contributed by atoms with Gasteiger partial charge in [0.2, 0.25) is 0 Å². The van der Waals surface area contributed by atoms with E-state index in [1.165, 1.54) is 0 Å². The van der Waals surface area contributed by atoms with Gasteiger partial charge in [-0.1, -0.05) is 65.5 Å². The van der Waals surface area contributed by atoms with Crippen molar-refractivity contribution in [2.75, 3.05) is 6.61 Å². The molecule has 0 fully saturated rings. The van der Waals surface area contributed by atoms with Crippen LogP contribution < -0.4 is 0 Å². The molecule has 0 aliphatic heterocycles. The van der Waals surface area contributed by atoms with Crippen molar-refractivity contribution in [3.05, 3.63) is 23.9 Å². The molecular weight excluding hydrogens is 212 g/mol. The molecule has 0 aliphatic rings. The fraction of sp³-hybridized carbons (Fsp3) is 0.714. The summed E-state index contributed by atoms with van der Waals surface area (Å²) >= 11 is 0. The van der Waals surface area contributed by atoms with Gasteiger partial charge in [0.05, 0.1) is 14.7 Å². The molecule has 94 valence electrons. The predicted octanol–water partition coefficient (Wildman–Crippen LogP) is 4.31. The second kappa shape index (κ2) is 7.07. The maximum Gasteiger partial charge on any atom is 0.0853 e. The SMILES string of the molecule is CC(C)[Si](/C=C\C=C\CO)(C(C)C)C(C)C. The summed E-state index contributed by atoms with van der Waals surface area (Å²) in [5.74, 6) is 0. The molecule has 0 radical (unpaired) electrons. The van der Waals surface area contributed by atoms with Crippen LogP contribution in [0.25, 0.3) is 0 Å². The van der Waals surface area contributed by atoms with Gasteiger partial charge >= 0.3 is 0 Å². The highest BCUT2D eigenvalue weighted by Gasteiger charge is 2.39. The van der Waals surface area contributed by atoms with Gasteiger partial charge in [-0.05, 0) is 16.6 Å². The topological polar surface area (TPSA) is 20.2 Å². The lowest BCUT2D eigenvalue weighted by Gasteiger charge is -2.40. The van der Waals surface area contributed by atoms with Crippen molar-refractivity contribution in [3.8, 4) is 0 Å². The molecule has 16 heavy (non-hydrogen) atoms. The van der Waals surface area contributed by atoms with Gasteiger partial charge in [0.1, 0.15) is 0 Å². The van der Waals surface area contributed by atoms with E-state index < -0.39 is 8.07 Å². The average Bonchev–Trinajstić information content (AvgIpc) is 2.16. The van der Waals surface area contributed by atoms with Crippen LogP contribution in [-0.4, -0.2) is 19.8 Å². The summed E-state index contributed by atoms with van der Waals surface area (Å²) < 4.78 is 0. The van der Waals surface area contributed by atoms with E-state index >= 15 is 0 Å². The second-order valence-electron chi connectivity index (χ2n) is 5.43. The fourth-order valence-electron chi connectivity index (χ4n) is 2.94. The standard InChI is InChI=1S/C14H28OSi/c1-12(2)16(13(3)4,14(5)6)11-9-7-8-10-15/h7-9,11-15H,10H2,1-6H3/b8-7+,11-9-. The molecule has 1 N–H and O–H groups in total. The first-order valence-electron chi connectivity index (χ1n) is 6.34. The van der Waals surface area contributed by atoms with E-state index in [0.717, 1.165) is 16.6 Å². The molecule has 0 aromatic carbocycles. The zero-order chi connectivity index (χ0) is 12.8. The first-order valence-corrected chi connectivity index (χ1v) is 8.65. The number of aliphatic hydroxyl groups is 1. The molecule has 0 unspecified atom stereocenters. The highest BCUT2D eigenvalue weighted by Crippen LogP contribution is 2.42. The van der Waals surface area contributed by atoms with E-state index in [2.05, 4.69) is 53.3 Å². The van der Waals surface area contributed by atoms with Gasteiger partial charge in [-0.2, -0.15) is 0 Å². The third-order valence-electron chi connectivity index (χ3n) is 3.74. The van der Waals surface area contributed by atoms with Gasteiger partial charge in [-0.15, -0.1) is 0 Å². The van der Waals surface area contributed by atoms with Gasteiger partial charge in [0, 0.05) is 0 Å². The first kappa shape index (κ1) is 15.7. The maximum absolute atomic E-state index is 8.71. The Kier molecular flexibility index (Phi) is 6.92. The third kappa shape index (κ3) is 3.60. The van der Waals surface area contributed by atoms with Gasteiger partial charge < -0.3 is 5.11 Å². The summed E-state index contributed by atoms with van der Waals surface area (Å²) in [6.45, 7) is 14.2. The van der Waals surface area contributed by atoms with E-state index in [9.17, 15) is 0 Å². The predicted molar refractivity (Wildman–Crippen MR) is 76.4 cm³/mol. The van der Waals surface area contributed by atoms with Crippen LogP contribution in [0.4, 0.5) is 0 Å². The van der Waals surface area contributed by atoms with Crippen LogP contribution >= 0.6 is 0 Å². The monoisotopic (exact) mass is 240 g/mol. The Labute approximate surface area is 102 Å². The first-order chi connectivity index (χ1) is 7.39. The quantitative estimate of drug-likeness (QED) is 0.542. The highest BCUT2D eigenvalue weighted by atomic mass is 28.3. The van der Waals surface area contributed by atoms with E-state index in [-0.39, 0.29) is 6.61 Å². The summed E-state index contributed by atoms with van der Waals surface area (Å²) in [7, 11) is -1.39. The van der Waals surface area contributed by atoms with Crippen molar-refractivity contribution in [1.82, 2.24) is 0 Å². The molecule has 1 nitrogen and oxygen atoms in total. The maximum atomic E-state index is 8.71. The molecular formula is C14H28OSi. The summed E-state index contributed by atoms with van der Waals surface area (Å²) in [5.41, 5.74) is 4.72. The van der Waals surface area contributed by atoms with Crippen LogP contribution in [0.2, 0.25) is 16.6 Å². The lowest BCUT2D eigenvalue weighted by Crippen LogP contribution is -2.42. The molecule has 0 aromatic rings. The Hall–Kier alpha value is -0.343. The minimum atomic E-state index is -1.39. The summed E-state index contributed by atoms with van der Waals surface area (Å²) in [6, 6.07) is 0. The Morgan fingerprint density at radius 2 is 1.31 bits per heavy atom. The number of aliphatic hydroxyl groups excluding tert-OH is 1. The minimum Gasteiger partial charge on any atom is -0.392 e. The molecule has 0 aromatic heterocycles. The van der Waals surface area contributed by atoms with Crippen molar-refractivity contribution in [2.45, 2.75) is 58.2 Å². The van der Waals surface area contributed by atoms with Crippen molar-refractivity contribution in [2.24, 2.45) is 0 Å². The molecule has 0 atom stereocenters. The van der Waals surface area contributed by atoms with Crippen molar-refractivity contribution >= 4 is 8.07 Å². The molecule has 0 aliphatic carbocycles. The molecule has 0 heterocycles. The van der Waals surface area contributed by atoms with E-state index in [4.69, 9.17) is 5.11 Å². The Morgan fingerprint density at radius 1 is 0.875 bits per heavy atom. The Balaban J connectivity index is 5.05. The molecule has 0 amide bonds. The van der Waals surface area contributed by atoms with Crippen molar-refractivity contribution in [1.29, 1.82) is 0 Å². The molecule has 0 rings (SSSR count). The van der Waals surface area contributed by atoms with Gasteiger partial charge in [0.15, 0.2) is 0 Å². The van der Waals surface area contributed by atoms with E-state index in [1.54, 1.807) is 6.08 Å². The van der Waals surface area contributed by atoms with Crippen LogP contribution in [0.15, 0.2) is 23.9 Å². The minimum absolute atomic E-state index is 0.129. The number of allylic oxidation sites excluding steroid dienone is 2. The Morgan fingerprint density at radius 3 is 1.62 bits per heavy atom. The fourth-order valence-corrected chi connectivity index (χ4v) is 8.54. The smallest absolute Gasteiger partial charge is 0.0853 e. The molecule has 0 spiro atoms. The van der Waals surface area contributed by atoms with Gasteiger partial charge in [-0.3, -0.25) is 0 Å². The third-order valence-corrected chi connectivity index (χ3v) is 10.5. The molecule has 2 heteroatoms. The molecule has 0 saturated heterocycles. The summed E-state index contributed by atoms with van der Waals surface area (Å²) in [6.07, 6.45) is 5.90. The zero-order valence-corrected chi connectivity index (χ0v) is 12.7. The van der Waals surface area contributed by atoms with Gasteiger partial charge in [0.25, 0.3) is 0 Å². The number of hydrogen-bond donors (Lipinski definition) is 1. The average molecular weight is 240 g/mol. The highest BCUT2D eigenvalue weighted by molar-refractivity contribution is 6.88. The normalized spacial score (nSPS) is 14.1. The van der Waals surface area contributed by atoms with Crippen LogP contribution in [0, 0.1) is 0 Å².